The van der Waals surface area contributed by atoms with Crippen LogP contribution in [0.3, 0.4) is 0 Å². The van der Waals surface area contributed by atoms with Crippen molar-refractivity contribution in [3.8, 4) is 77.9 Å². The zero-order chi connectivity index (χ0) is 46.9. The van der Waals surface area contributed by atoms with Gasteiger partial charge in [0.05, 0.1) is 0 Å². The summed E-state index contributed by atoms with van der Waals surface area (Å²) in [5.41, 5.74) is 23.1. The SMILES string of the molecule is CC1(C)c2cc(-c3cccc(-c4cc5ccccc5c5ccccc45)c3)ccc2-c2ccc(-c3ccc4c(c3)C(C)(C)c3cc(-c5cccc(-c6cc7ccccc7c7ccccc67)c5)ccc3-4)cc21. The molecule has 0 radical (unpaired) electrons. The first kappa shape index (κ1) is 40.7. The molecular weight excluding hydrogens is 841 g/mol. The normalized spacial score (nSPS) is 13.9. The van der Waals surface area contributed by atoms with Gasteiger partial charge in [-0.2, -0.15) is 0 Å². The molecule has 0 aromatic heterocycles. The lowest BCUT2D eigenvalue weighted by Crippen LogP contribution is -2.15. The van der Waals surface area contributed by atoms with E-state index in [2.05, 4.69) is 258 Å². The Kier molecular flexibility index (Phi) is 8.78. The van der Waals surface area contributed by atoms with Crippen LogP contribution in [0.4, 0.5) is 0 Å². The second kappa shape index (κ2) is 15.1. The van der Waals surface area contributed by atoms with Crippen molar-refractivity contribution in [2.24, 2.45) is 0 Å². The van der Waals surface area contributed by atoms with Gasteiger partial charge in [0.25, 0.3) is 0 Å². The quantitative estimate of drug-likeness (QED) is 0.151. The van der Waals surface area contributed by atoms with Gasteiger partial charge >= 0.3 is 0 Å². The monoisotopic (exact) mass is 890 g/mol. The number of hydrogen-bond acceptors (Lipinski definition) is 0. The van der Waals surface area contributed by atoms with Crippen molar-refractivity contribution in [1.29, 1.82) is 0 Å². The lowest BCUT2D eigenvalue weighted by Gasteiger charge is -2.24. The minimum absolute atomic E-state index is 0.163. The van der Waals surface area contributed by atoms with E-state index in [0.29, 0.717) is 0 Å². The Morgan fingerprint density at radius 3 is 0.843 bits per heavy atom. The maximum atomic E-state index is 2.47. The summed E-state index contributed by atoms with van der Waals surface area (Å²) in [6.45, 7) is 9.62. The minimum Gasteiger partial charge on any atom is -0.0616 e. The van der Waals surface area contributed by atoms with Crippen LogP contribution < -0.4 is 0 Å². The molecule has 330 valence electrons. The van der Waals surface area contributed by atoms with E-state index < -0.39 is 0 Å². The lowest BCUT2D eigenvalue weighted by molar-refractivity contribution is 0.660. The molecule has 70 heavy (non-hydrogen) atoms. The van der Waals surface area contributed by atoms with Gasteiger partial charge in [-0.1, -0.05) is 210 Å². The van der Waals surface area contributed by atoms with Gasteiger partial charge in [0.2, 0.25) is 0 Å². The van der Waals surface area contributed by atoms with Crippen molar-refractivity contribution in [3.05, 3.63) is 253 Å². The van der Waals surface area contributed by atoms with Crippen LogP contribution in [0, 0.1) is 0 Å². The molecule has 14 rings (SSSR count). The van der Waals surface area contributed by atoms with Gasteiger partial charge in [-0.15, -0.1) is 0 Å². The summed E-state index contributed by atoms with van der Waals surface area (Å²) >= 11 is 0. The fourth-order valence-corrected chi connectivity index (χ4v) is 12.5. The summed E-state index contributed by atoms with van der Waals surface area (Å²) in [5, 5.41) is 10.3. The van der Waals surface area contributed by atoms with Crippen molar-refractivity contribution < 1.29 is 0 Å². The van der Waals surface area contributed by atoms with E-state index >= 15 is 0 Å². The first-order valence-corrected chi connectivity index (χ1v) is 24.8. The van der Waals surface area contributed by atoms with Crippen LogP contribution in [0.1, 0.15) is 49.9 Å². The van der Waals surface area contributed by atoms with Crippen molar-refractivity contribution in [3.63, 3.8) is 0 Å². The Balaban J connectivity index is 0.774. The second-order valence-electron chi connectivity index (χ2n) is 20.8. The van der Waals surface area contributed by atoms with Gasteiger partial charge < -0.3 is 0 Å². The van der Waals surface area contributed by atoms with Crippen molar-refractivity contribution in [1.82, 2.24) is 0 Å². The van der Waals surface area contributed by atoms with E-state index in [0.717, 1.165) is 0 Å². The topological polar surface area (TPSA) is 0 Å². The van der Waals surface area contributed by atoms with Gasteiger partial charge in [0, 0.05) is 10.8 Å². The van der Waals surface area contributed by atoms with Crippen LogP contribution >= 0.6 is 0 Å². The largest absolute Gasteiger partial charge is 0.0616 e. The third-order valence-electron chi connectivity index (χ3n) is 16.2. The molecule has 0 unspecified atom stereocenters. The Morgan fingerprint density at radius 2 is 0.486 bits per heavy atom. The van der Waals surface area contributed by atoms with E-state index in [1.54, 1.807) is 0 Å². The highest BCUT2D eigenvalue weighted by atomic mass is 14.4. The first-order valence-electron chi connectivity index (χ1n) is 24.8. The summed E-state index contributed by atoms with van der Waals surface area (Å²) in [5.74, 6) is 0. The van der Waals surface area contributed by atoms with Gasteiger partial charge in [-0.3, -0.25) is 0 Å². The maximum absolute atomic E-state index is 2.47. The summed E-state index contributed by atoms with van der Waals surface area (Å²) in [6.07, 6.45) is 0. The number of benzene rings is 12. The van der Waals surface area contributed by atoms with Gasteiger partial charge in [0.15, 0.2) is 0 Å². The van der Waals surface area contributed by atoms with E-state index in [-0.39, 0.29) is 10.8 Å². The highest BCUT2D eigenvalue weighted by Crippen LogP contribution is 2.53. The van der Waals surface area contributed by atoms with Crippen LogP contribution in [0.25, 0.3) is 121 Å². The smallest absolute Gasteiger partial charge is 0.0159 e. The molecule has 0 heterocycles. The average Bonchev–Trinajstić information content (AvgIpc) is 3.78. The molecule has 0 N–H and O–H groups in total. The molecule has 12 aromatic rings. The van der Waals surface area contributed by atoms with E-state index in [4.69, 9.17) is 0 Å². The standard InChI is InChI=1S/C70H50/c1-69(2)65-39-45(43-17-13-19-49(35-43)63-37-51-15-5-7-21-53(51)55-23-9-11-25-57(55)63)27-31-59(65)61-33-29-47(41-67(61)69)48-30-34-62-60-32-28-46(40-66(60)70(3,4)68(62)42-48)44-18-14-20-50(36-44)64-38-52-16-6-8-22-54(52)56-24-10-12-26-58(56)64/h5-42H,1-4H3. The highest BCUT2D eigenvalue weighted by Gasteiger charge is 2.38. The molecule has 12 aromatic carbocycles. The Morgan fingerprint density at radius 1 is 0.200 bits per heavy atom. The summed E-state index contributed by atoms with van der Waals surface area (Å²) < 4.78 is 0. The molecule has 0 bridgehead atoms. The van der Waals surface area contributed by atoms with Gasteiger partial charge in [-0.25, -0.2) is 0 Å². The predicted octanol–water partition coefficient (Wildman–Crippen LogP) is 19.2. The molecule has 0 spiro atoms. The van der Waals surface area contributed by atoms with Crippen LogP contribution in [0.5, 0.6) is 0 Å². The molecule has 0 fully saturated rings. The second-order valence-corrected chi connectivity index (χ2v) is 20.8. The van der Waals surface area contributed by atoms with E-state index in [1.165, 1.54) is 143 Å². The van der Waals surface area contributed by atoms with E-state index in [1.807, 2.05) is 0 Å². The fourth-order valence-electron chi connectivity index (χ4n) is 12.5. The van der Waals surface area contributed by atoms with Crippen molar-refractivity contribution >= 4 is 43.1 Å². The fraction of sp³-hybridized carbons (Fsp3) is 0.0857. The van der Waals surface area contributed by atoms with Gasteiger partial charge in [0.1, 0.15) is 0 Å². The Hall–Kier alpha value is -8.32. The Bertz CT molecular complexity index is 3900. The molecule has 0 nitrogen and oxygen atoms in total. The third-order valence-corrected chi connectivity index (χ3v) is 16.2. The third kappa shape index (κ3) is 6.09. The van der Waals surface area contributed by atoms with Crippen LogP contribution in [0.2, 0.25) is 0 Å². The molecule has 0 atom stereocenters. The summed E-state index contributed by atoms with van der Waals surface area (Å²) in [6, 6.07) is 86.8. The molecule has 0 heteroatoms. The van der Waals surface area contributed by atoms with E-state index in [9.17, 15) is 0 Å². The summed E-state index contributed by atoms with van der Waals surface area (Å²) in [4.78, 5) is 0. The highest BCUT2D eigenvalue weighted by molar-refractivity contribution is 6.15. The number of hydrogen-bond donors (Lipinski definition) is 0. The molecule has 2 aliphatic rings. The molecular formula is C70H50. The molecule has 0 saturated heterocycles. The molecule has 0 amide bonds. The number of fused-ring (bicyclic) bond motifs is 12. The van der Waals surface area contributed by atoms with Crippen LogP contribution in [-0.2, 0) is 10.8 Å². The molecule has 2 aliphatic carbocycles. The van der Waals surface area contributed by atoms with Crippen molar-refractivity contribution in [2.45, 2.75) is 38.5 Å². The molecule has 0 saturated carbocycles. The lowest BCUT2D eigenvalue weighted by atomic mass is 9.79. The zero-order valence-electron chi connectivity index (χ0n) is 39.9. The zero-order valence-corrected chi connectivity index (χ0v) is 39.9. The van der Waals surface area contributed by atoms with Crippen LogP contribution in [-0.4, -0.2) is 0 Å². The van der Waals surface area contributed by atoms with Gasteiger partial charge in [-0.05, 0) is 192 Å². The first-order chi connectivity index (χ1) is 34.2. The Labute approximate surface area is 410 Å². The molecule has 0 aliphatic heterocycles. The number of rotatable bonds is 5. The summed E-state index contributed by atoms with van der Waals surface area (Å²) in [7, 11) is 0. The van der Waals surface area contributed by atoms with Crippen molar-refractivity contribution in [2.75, 3.05) is 0 Å². The van der Waals surface area contributed by atoms with Crippen LogP contribution in [0.15, 0.2) is 231 Å². The predicted molar refractivity (Wildman–Crippen MR) is 299 cm³/mol. The maximum Gasteiger partial charge on any atom is 0.0159 e. The average molecular weight is 891 g/mol. The minimum atomic E-state index is -0.163.